The van der Waals surface area contributed by atoms with Crippen molar-refractivity contribution in [1.82, 2.24) is 10.1 Å². The summed E-state index contributed by atoms with van der Waals surface area (Å²) in [5.74, 6) is 0.0969. The Morgan fingerprint density at radius 2 is 2.28 bits per heavy atom. The molecule has 0 fully saturated rings. The summed E-state index contributed by atoms with van der Waals surface area (Å²) in [6.07, 6.45) is 2.58. The van der Waals surface area contributed by atoms with Crippen LogP contribution in [-0.4, -0.2) is 25.7 Å². The Kier molecular flexibility index (Phi) is 3.67. The highest BCUT2D eigenvalue weighted by atomic mass is 79.9. The molecule has 0 saturated heterocycles. The van der Waals surface area contributed by atoms with Crippen LogP contribution < -0.4 is 4.74 Å². The standard InChI is InChI=1S/C10H9BrN2O4S/c1-16-10-9(11)4-8(5-12-10)18(14,15)6-7-2-3-17-13-7/h2-5H,6H2,1H3. The zero-order valence-electron chi connectivity index (χ0n) is 9.33. The zero-order valence-corrected chi connectivity index (χ0v) is 11.7. The summed E-state index contributed by atoms with van der Waals surface area (Å²) < 4.78 is 34.1. The van der Waals surface area contributed by atoms with Gasteiger partial charge in [0.1, 0.15) is 12.0 Å². The molecule has 8 heteroatoms. The van der Waals surface area contributed by atoms with Crippen molar-refractivity contribution in [2.75, 3.05) is 7.11 Å². The van der Waals surface area contributed by atoms with E-state index in [1.807, 2.05) is 0 Å². The minimum atomic E-state index is -3.50. The van der Waals surface area contributed by atoms with Crippen LogP contribution in [0.3, 0.4) is 0 Å². The summed E-state index contributed by atoms with van der Waals surface area (Å²) in [7, 11) is -2.05. The summed E-state index contributed by atoms with van der Waals surface area (Å²) in [6, 6.07) is 2.95. The molecule has 2 rings (SSSR count). The van der Waals surface area contributed by atoms with Gasteiger partial charge in [0.05, 0.1) is 22.2 Å². The van der Waals surface area contributed by atoms with Crippen molar-refractivity contribution in [2.45, 2.75) is 10.6 Å². The lowest BCUT2D eigenvalue weighted by atomic mass is 10.5. The number of rotatable bonds is 4. The molecule has 0 aliphatic carbocycles. The van der Waals surface area contributed by atoms with Gasteiger partial charge in [-0.3, -0.25) is 0 Å². The summed E-state index contributed by atoms with van der Waals surface area (Å²) in [4.78, 5) is 4.00. The molecular weight excluding hydrogens is 324 g/mol. The first kappa shape index (κ1) is 13.0. The van der Waals surface area contributed by atoms with Crippen LogP contribution in [0.15, 0.2) is 38.5 Å². The molecule has 6 nitrogen and oxygen atoms in total. The molecule has 2 heterocycles. The molecule has 0 N–H and O–H groups in total. The molecule has 96 valence electrons. The number of nitrogens with zero attached hydrogens (tertiary/aromatic N) is 2. The number of halogens is 1. The van der Waals surface area contributed by atoms with E-state index in [0.717, 1.165) is 0 Å². The smallest absolute Gasteiger partial charge is 0.227 e. The Balaban J connectivity index is 2.33. The lowest BCUT2D eigenvalue weighted by molar-refractivity contribution is 0.394. The average Bonchev–Trinajstić information content (AvgIpc) is 2.81. The maximum atomic E-state index is 12.1. The fourth-order valence-electron chi connectivity index (χ4n) is 1.32. The third-order valence-corrected chi connectivity index (χ3v) is 4.35. The molecule has 0 aliphatic heterocycles. The SMILES string of the molecule is COc1ncc(S(=O)(=O)Cc2ccon2)cc1Br. The molecular formula is C10H9BrN2O4S. The van der Waals surface area contributed by atoms with E-state index in [9.17, 15) is 8.42 Å². The van der Waals surface area contributed by atoms with Crippen LogP contribution in [0.1, 0.15) is 5.69 Å². The average molecular weight is 333 g/mol. The number of methoxy groups -OCH3 is 1. The first-order chi connectivity index (χ1) is 8.53. The molecule has 0 aromatic carbocycles. The van der Waals surface area contributed by atoms with Gasteiger partial charge >= 0.3 is 0 Å². The number of pyridine rings is 1. The van der Waals surface area contributed by atoms with E-state index in [0.29, 0.717) is 16.0 Å². The van der Waals surface area contributed by atoms with Crippen molar-refractivity contribution in [3.63, 3.8) is 0 Å². The normalized spacial score (nSPS) is 11.4. The van der Waals surface area contributed by atoms with Crippen LogP contribution in [0, 0.1) is 0 Å². The Labute approximate surface area is 112 Å². The summed E-state index contributed by atoms with van der Waals surface area (Å²) >= 11 is 3.19. The number of sulfone groups is 1. The van der Waals surface area contributed by atoms with Crippen molar-refractivity contribution in [3.8, 4) is 5.88 Å². The van der Waals surface area contributed by atoms with Crippen LogP contribution >= 0.6 is 15.9 Å². The number of hydrogen-bond donors (Lipinski definition) is 0. The Bertz CT molecular complexity index is 640. The van der Waals surface area contributed by atoms with Crippen LogP contribution in [-0.2, 0) is 15.6 Å². The van der Waals surface area contributed by atoms with Gasteiger partial charge in [0.15, 0.2) is 9.84 Å². The minimum absolute atomic E-state index is 0.0955. The maximum absolute atomic E-state index is 12.1. The predicted octanol–water partition coefficient (Wildman–Crippen LogP) is 1.81. The summed E-state index contributed by atoms with van der Waals surface area (Å²) in [6.45, 7) is 0. The lowest BCUT2D eigenvalue weighted by Gasteiger charge is -2.05. The second-order valence-electron chi connectivity index (χ2n) is 3.41. The summed E-state index contributed by atoms with van der Waals surface area (Å²) in [5, 5.41) is 3.57. The van der Waals surface area contributed by atoms with Gasteiger partial charge in [0, 0.05) is 12.3 Å². The predicted molar refractivity (Wildman–Crippen MR) is 65.9 cm³/mol. The molecule has 0 aliphatic rings. The fraction of sp³-hybridized carbons (Fsp3) is 0.200. The topological polar surface area (TPSA) is 82.3 Å². The second kappa shape index (κ2) is 5.07. The monoisotopic (exact) mass is 332 g/mol. The largest absolute Gasteiger partial charge is 0.480 e. The van der Waals surface area contributed by atoms with Crippen molar-refractivity contribution in [1.29, 1.82) is 0 Å². The Morgan fingerprint density at radius 3 is 2.83 bits per heavy atom. The Hall–Kier alpha value is -1.41. The molecule has 0 saturated carbocycles. The van der Waals surface area contributed by atoms with E-state index in [-0.39, 0.29) is 10.6 Å². The van der Waals surface area contributed by atoms with Gasteiger partial charge in [-0.2, -0.15) is 0 Å². The number of hydrogen-bond acceptors (Lipinski definition) is 6. The highest BCUT2D eigenvalue weighted by Crippen LogP contribution is 2.26. The van der Waals surface area contributed by atoms with Crippen LogP contribution in [0.5, 0.6) is 5.88 Å². The first-order valence-corrected chi connectivity index (χ1v) is 7.29. The van der Waals surface area contributed by atoms with Crippen LogP contribution in [0.25, 0.3) is 0 Å². The van der Waals surface area contributed by atoms with Gasteiger partial charge < -0.3 is 9.26 Å². The van der Waals surface area contributed by atoms with Gasteiger partial charge in [0.2, 0.25) is 5.88 Å². The van der Waals surface area contributed by atoms with E-state index >= 15 is 0 Å². The third kappa shape index (κ3) is 2.70. The first-order valence-electron chi connectivity index (χ1n) is 4.84. The maximum Gasteiger partial charge on any atom is 0.227 e. The molecule has 0 unspecified atom stereocenters. The highest BCUT2D eigenvalue weighted by molar-refractivity contribution is 9.10. The quantitative estimate of drug-likeness (QED) is 0.849. The third-order valence-electron chi connectivity index (χ3n) is 2.16. The number of ether oxygens (including phenoxy) is 1. The van der Waals surface area contributed by atoms with Gasteiger partial charge in [-0.1, -0.05) is 5.16 Å². The van der Waals surface area contributed by atoms with Gasteiger partial charge in [-0.05, 0) is 22.0 Å². The van der Waals surface area contributed by atoms with E-state index in [2.05, 4.69) is 30.6 Å². The van der Waals surface area contributed by atoms with Crippen molar-refractivity contribution >= 4 is 25.8 Å². The van der Waals surface area contributed by atoms with E-state index in [1.165, 1.54) is 31.7 Å². The minimum Gasteiger partial charge on any atom is -0.480 e. The van der Waals surface area contributed by atoms with Gasteiger partial charge in [-0.15, -0.1) is 0 Å². The molecule has 2 aromatic rings. The summed E-state index contributed by atoms with van der Waals surface area (Å²) in [5.41, 5.74) is 0.349. The van der Waals surface area contributed by atoms with Gasteiger partial charge in [0.25, 0.3) is 0 Å². The van der Waals surface area contributed by atoms with Crippen molar-refractivity contribution < 1.29 is 17.7 Å². The van der Waals surface area contributed by atoms with Crippen molar-refractivity contribution in [3.05, 3.63) is 34.8 Å². The Morgan fingerprint density at radius 1 is 1.50 bits per heavy atom. The van der Waals surface area contributed by atoms with Crippen LogP contribution in [0.2, 0.25) is 0 Å². The van der Waals surface area contributed by atoms with Crippen molar-refractivity contribution in [2.24, 2.45) is 0 Å². The molecule has 0 spiro atoms. The lowest BCUT2D eigenvalue weighted by Crippen LogP contribution is -2.06. The second-order valence-corrected chi connectivity index (χ2v) is 6.26. The molecule has 0 amide bonds. The molecule has 18 heavy (non-hydrogen) atoms. The van der Waals surface area contributed by atoms with E-state index < -0.39 is 9.84 Å². The van der Waals surface area contributed by atoms with E-state index in [1.54, 1.807) is 0 Å². The highest BCUT2D eigenvalue weighted by Gasteiger charge is 2.19. The van der Waals surface area contributed by atoms with E-state index in [4.69, 9.17) is 4.74 Å². The van der Waals surface area contributed by atoms with Crippen LogP contribution in [0.4, 0.5) is 0 Å². The zero-order chi connectivity index (χ0) is 13.2. The molecule has 0 bridgehead atoms. The molecule has 0 atom stereocenters. The fourth-order valence-corrected chi connectivity index (χ4v) is 3.20. The van der Waals surface area contributed by atoms with Gasteiger partial charge in [-0.25, -0.2) is 13.4 Å². The molecule has 0 radical (unpaired) electrons. The molecule has 2 aromatic heterocycles. The number of aromatic nitrogens is 2.